The maximum absolute atomic E-state index is 11.8. The third kappa shape index (κ3) is 3.69. The van der Waals surface area contributed by atoms with Gasteiger partial charge in [0.15, 0.2) is 0 Å². The molecule has 0 aliphatic heterocycles. The lowest BCUT2D eigenvalue weighted by Gasteiger charge is -2.07. The minimum absolute atomic E-state index is 0.284. The fourth-order valence-corrected chi connectivity index (χ4v) is 1.79. The molecule has 2 rings (SSSR count). The molecular formula is C14H13ClN2O2. The van der Waals surface area contributed by atoms with Crippen LogP contribution < -0.4 is 5.73 Å². The molecule has 4 nitrogen and oxygen atoms in total. The second-order valence-electron chi connectivity index (χ2n) is 3.98. The van der Waals surface area contributed by atoms with Gasteiger partial charge >= 0.3 is 5.97 Å². The van der Waals surface area contributed by atoms with Crippen molar-refractivity contribution in [1.29, 1.82) is 0 Å². The fourth-order valence-electron chi connectivity index (χ4n) is 1.60. The molecule has 1 aromatic heterocycles. The highest BCUT2D eigenvalue weighted by Gasteiger charge is 2.11. The summed E-state index contributed by atoms with van der Waals surface area (Å²) < 4.78 is 5.16. The summed E-state index contributed by atoms with van der Waals surface area (Å²) >= 11 is 5.77. The third-order valence-electron chi connectivity index (χ3n) is 2.58. The zero-order valence-electron chi connectivity index (χ0n) is 10.2. The van der Waals surface area contributed by atoms with Crippen LogP contribution in [0.25, 0.3) is 0 Å². The van der Waals surface area contributed by atoms with Crippen LogP contribution in [0.4, 0.5) is 5.69 Å². The summed E-state index contributed by atoms with van der Waals surface area (Å²) in [6.07, 6.45) is 4.06. The quantitative estimate of drug-likeness (QED) is 0.689. The number of ether oxygens (including phenoxy) is 1. The second-order valence-corrected chi connectivity index (χ2v) is 4.42. The Kier molecular flexibility index (Phi) is 4.36. The molecule has 0 saturated carbocycles. The summed E-state index contributed by atoms with van der Waals surface area (Å²) in [6.45, 7) is 0.284. The minimum atomic E-state index is -0.446. The van der Waals surface area contributed by atoms with Crippen LogP contribution in [0.2, 0.25) is 5.02 Å². The van der Waals surface area contributed by atoms with Gasteiger partial charge in [0.1, 0.15) is 0 Å². The first-order valence-electron chi connectivity index (χ1n) is 5.78. The summed E-state index contributed by atoms with van der Waals surface area (Å²) in [5.41, 5.74) is 7.37. The standard InChI is InChI=1S/C14H13ClN2O2/c15-11-3-4-12(13(16)8-11)14(18)19-7-5-10-2-1-6-17-9-10/h1-4,6,8-9H,5,7,16H2. The highest BCUT2D eigenvalue weighted by Crippen LogP contribution is 2.18. The van der Waals surface area contributed by atoms with Gasteiger partial charge in [-0.25, -0.2) is 4.79 Å². The molecule has 1 aromatic carbocycles. The van der Waals surface area contributed by atoms with Crippen molar-refractivity contribution in [2.45, 2.75) is 6.42 Å². The molecule has 0 amide bonds. The molecule has 5 heteroatoms. The van der Waals surface area contributed by atoms with Crippen molar-refractivity contribution in [1.82, 2.24) is 4.98 Å². The number of hydrogen-bond donors (Lipinski definition) is 1. The Morgan fingerprint density at radius 2 is 2.21 bits per heavy atom. The fraction of sp³-hybridized carbons (Fsp3) is 0.143. The van der Waals surface area contributed by atoms with Crippen LogP contribution in [0.15, 0.2) is 42.7 Å². The van der Waals surface area contributed by atoms with Gasteiger partial charge in [-0.15, -0.1) is 0 Å². The second kappa shape index (κ2) is 6.20. The summed E-state index contributed by atoms with van der Waals surface area (Å²) in [7, 11) is 0. The van der Waals surface area contributed by atoms with Crippen LogP contribution in [-0.2, 0) is 11.2 Å². The van der Waals surface area contributed by atoms with Crippen LogP contribution in [0.3, 0.4) is 0 Å². The van der Waals surface area contributed by atoms with Gasteiger partial charge in [-0.2, -0.15) is 0 Å². The Morgan fingerprint density at radius 1 is 1.37 bits per heavy atom. The summed E-state index contributed by atoms with van der Waals surface area (Å²) in [5.74, 6) is -0.446. The van der Waals surface area contributed by atoms with Crippen LogP contribution in [-0.4, -0.2) is 17.6 Å². The Morgan fingerprint density at radius 3 is 2.89 bits per heavy atom. The highest BCUT2D eigenvalue weighted by atomic mass is 35.5. The van der Waals surface area contributed by atoms with E-state index in [-0.39, 0.29) is 6.61 Å². The molecule has 0 saturated heterocycles. The van der Waals surface area contributed by atoms with E-state index in [0.29, 0.717) is 22.7 Å². The van der Waals surface area contributed by atoms with E-state index in [0.717, 1.165) is 5.56 Å². The first kappa shape index (κ1) is 13.4. The average Bonchev–Trinajstić information content (AvgIpc) is 2.39. The number of pyridine rings is 1. The number of hydrogen-bond acceptors (Lipinski definition) is 4. The summed E-state index contributed by atoms with van der Waals surface area (Å²) in [5, 5.41) is 0.490. The van der Waals surface area contributed by atoms with E-state index < -0.39 is 5.97 Å². The smallest absolute Gasteiger partial charge is 0.340 e. The van der Waals surface area contributed by atoms with Crippen LogP contribution in [0.1, 0.15) is 15.9 Å². The monoisotopic (exact) mass is 276 g/mol. The molecule has 0 aliphatic carbocycles. The van der Waals surface area contributed by atoms with Crippen molar-refractivity contribution in [3.63, 3.8) is 0 Å². The van der Waals surface area contributed by atoms with Gasteiger partial charge < -0.3 is 10.5 Å². The molecule has 0 unspecified atom stereocenters. The lowest BCUT2D eigenvalue weighted by molar-refractivity contribution is 0.0510. The van der Waals surface area contributed by atoms with E-state index >= 15 is 0 Å². The van der Waals surface area contributed by atoms with Crippen molar-refractivity contribution in [2.75, 3.05) is 12.3 Å². The molecule has 0 fully saturated rings. The van der Waals surface area contributed by atoms with Crippen molar-refractivity contribution in [3.05, 3.63) is 58.9 Å². The lowest BCUT2D eigenvalue weighted by atomic mass is 10.2. The average molecular weight is 277 g/mol. The van der Waals surface area contributed by atoms with Crippen LogP contribution in [0.5, 0.6) is 0 Å². The number of nitrogen functional groups attached to an aromatic ring is 1. The van der Waals surface area contributed by atoms with Crippen molar-refractivity contribution >= 4 is 23.3 Å². The highest BCUT2D eigenvalue weighted by molar-refractivity contribution is 6.31. The first-order valence-corrected chi connectivity index (χ1v) is 6.15. The predicted octanol–water partition coefficient (Wildman–Crippen LogP) is 2.72. The van der Waals surface area contributed by atoms with Crippen molar-refractivity contribution in [2.24, 2.45) is 0 Å². The maximum Gasteiger partial charge on any atom is 0.340 e. The Hall–Kier alpha value is -2.07. The molecule has 0 radical (unpaired) electrons. The van der Waals surface area contributed by atoms with E-state index in [1.165, 1.54) is 6.07 Å². The van der Waals surface area contributed by atoms with E-state index in [1.54, 1.807) is 24.5 Å². The first-order chi connectivity index (χ1) is 9.16. The normalized spacial score (nSPS) is 10.2. The molecular weight excluding hydrogens is 264 g/mol. The van der Waals surface area contributed by atoms with Gasteiger partial charge in [0.25, 0.3) is 0 Å². The summed E-state index contributed by atoms with van der Waals surface area (Å²) in [6, 6.07) is 8.46. The topological polar surface area (TPSA) is 65.2 Å². The number of carbonyl (C=O) groups excluding carboxylic acids is 1. The SMILES string of the molecule is Nc1cc(Cl)ccc1C(=O)OCCc1cccnc1. The number of esters is 1. The van der Waals surface area contributed by atoms with Gasteiger partial charge in [0.05, 0.1) is 12.2 Å². The largest absolute Gasteiger partial charge is 0.462 e. The van der Waals surface area contributed by atoms with Gasteiger partial charge in [0, 0.05) is 29.5 Å². The zero-order chi connectivity index (χ0) is 13.7. The Balaban J connectivity index is 1.91. The Bertz CT molecular complexity index is 573. The van der Waals surface area contributed by atoms with Crippen molar-refractivity contribution < 1.29 is 9.53 Å². The number of nitrogens with two attached hydrogens (primary N) is 1. The molecule has 1 heterocycles. The van der Waals surface area contributed by atoms with E-state index in [4.69, 9.17) is 22.1 Å². The number of halogens is 1. The number of aromatic nitrogens is 1. The molecule has 0 bridgehead atoms. The number of anilines is 1. The lowest BCUT2D eigenvalue weighted by Crippen LogP contribution is -2.10. The van der Waals surface area contributed by atoms with Gasteiger partial charge in [-0.3, -0.25) is 4.98 Å². The minimum Gasteiger partial charge on any atom is -0.462 e. The summed E-state index contributed by atoms with van der Waals surface area (Å²) in [4.78, 5) is 15.8. The molecule has 0 aliphatic rings. The molecule has 2 N–H and O–H groups in total. The van der Waals surface area contributed by atoms with E-state index in [2.05, 4.69) is 4.98 Å². The van der Waals surface area contributed by atoms with Gasteiger partial charge in [-0.1, -0.05) is 17.7 Å². The maximum atomic E-state index is 11.8. The van der Waals surface area contributed by atoms with Crippen LogP contribution >= 0.6 is 11.6 Å². The number of benzene rings is 1. The molecule has 0 atom stereocenters. The predicted molar refractivity (Wildman–Crippen MR) is 74.1 cm³/mol. The number of nitrogens with zero attached hydrogens (tertiary/aromatic N) is 1. The third-order valence-corrected chi connectivity index (χ3v) is 2.82. The molecule has 2 aromatic rings. The molecule has 19 heavy (non-hydrogen) atoms. The Labute approximate surface area is 116 Å². The van der Waals surface area contributed by atoms with E-state index in [9.17, 15) is 4.79 Å². The number of carbonyl (C=O) groups is 1. The molecule has 98 valence electrons. The zero-order valence-corrected chi connectivity index (χ0v) is 10.9. The van der Waals surface area contributed by atoms with Gasteiger partial charge in [-0.05, 0) is 29.8 Å². The van der Waals surface area contributed by atoms with E-state index in [1.807, 2.05) is 12.1 Å². The van der Waals surface area contributed by atoms with Crippen LogP contribution in [0, 0.1) is 0 Å². The number of rotatable bonds is 4. The van der Waals surface area contributed by atoms with Gasteiger partial charge in [0.2, 0.25) is 0 Å². The van der Waals surface area contributed by atoms with Crippen molar-refractivity contribution in [3.8, 4) is 0 Å². The molecule has 0 spiro atoms.